The molecular weight excluding hydrogens is 366 g/mol. The number of nitrogens with zero attached hydrogens (tertiary/aromatic N) is 3. The van der Waals surface area contributed by atoms with Gasteiger partial charge in [-0.1, -0.05) is 12.1 Å². The van der Waals surface area contributed by atoms with E-state index in [1.165, 1.54) is 0 Å². The second kappa shape index (κ2) is 13.6. The van der Waals surface area contributed by atoms with Crippen LogP contribution in [0.25, 0.3) is 0 Å². The molecule has 2 rings (SSSR count). The zero-order chi connectivity index (χ0) is 20.7. The Morgan fingerprint density at radius 1 is 1.10 bits per heavy atom. The molecule has 0 spiro atoms. The van der Waals surface area contributed by atoms with Crippen molar-refractivity contribution < 1.29 is 9.47 Å². The second-order valence-electron chi connectivity index (χ2n) is 6.83. The highest BCUT2D eigenvalue weighted by Crippen LogP contribution is 2.14. The molecule has 29 heavy (non-hydrogen) atoms. The van der Waals surface area contributed by atoms with Crippen molar-refractivity contribution in [2.75, 3.05) is 53.6 Å². The van der Waals surface area contributed by atoms with Gasteiger partial charge in [-0.2, -0.15) is 0 Å². The van der Waals surface area contributed by atoms with Crippen LogP contribution < -0.4 is 15.4 Å². The first-order valence-electron chi connectivity index (χ1n) is 10.2. The lowest BCUT2D eigenvalue weighted by Crippen LogP contribution is -2.38. The van der Waals surface area contributed by atoms with Crippen molar-refractivity contribution in [1.82, 2.24) is 20.1 Å². The lowest BCUT2D eigenvalue weighted by atomic mass is 10.2. The lowest BCUT2D eigenvalue weighted by molar-refractivity contribution is 0.150. The van der Waals surface area contributed by atoms with E-state index in [0.717, 1.165) is 56.6 Å². The number of benzene rings is 1. The molecule has 0 aliphatic carbocycles. The van der Waals surface area contributed by atoms with Gasteiger partial charge in [0.2, 0.25) is 0 Å². The summed E-state index contributed by atoms with van der Waals surface area (Å²) in [4.78, 5) is 6.89. The van der Waals surface area contributed by atoms with E-state index in [0.29, 0.717) is 13.2 Å². The van der Waals surface area contributed by atoms with E-state index in [9.17, 15) is 0 Å². The predicted molar refractivity (Wildman–Crippen MR) is 119 cm³/mol. The normalized spacial score (nSPS) is 11.7. The Hall–Kier alpha value is -2.51. The van der Waals surface area contributed by atoms with Gasteiger partial charge in [0.15, 0.2) is 5.96 Å². The molecule has 0 aliphatic heterocycles. The lowest BCUT2D eigenvalue weighted by Gasteiger charge is -2.16. The van der Waals surface area contributed by atoms with Crippen LogP contribution in [-0.4, -0.2) is 69.0 Å². The van der Waals surface area contributed by atoms with Crippen LogP contribution in [0.3, 0.4) is 0 Å². The number of methoxy groups -OCH3 is 1. The monoisotopic (exact) mass is 401 g/mol. The van der Waals surface area contributed by atoms with Crippen molar-refractivity contribution in [2.45, 2.75) is 20.0 Å². The third-order valence-electron chi connectivity index (χ3n) is 4.41. The third-order valence-corrected chi connectivity index (χ3v) is 4.41. The minimum absolute atomic E-state index is 0.601. The first kappa shape index (κ1) is 22.8. The van der Waals surface area contributed by atoms with Crippen LogP contribution in [0.4, 0.5) is 0 Å². The van der Waals surface area contributed by atoms with Gasteiger partial charge in [-0.25, -0.2) is 4.99 Å². The van der Waals surface area contributed by atoms with Crippen molar-refractivity contribution in [3.63, 3.8) is 0 Å². The summed E-state index contributed by atoms with van der Waals surface area (Å²) >= 11 is 0. The maximum atomic E-state index is 5.89. The molecule has 0 aliphatic rings. The Labute approximate surface area is 174 Å². The maximum absolute atomic E-state index is 5.89. The number of guanidine groups is 1. The molecule has 160 valence electrons. The van der Waals surface area contributed by atoms with Gasteiger partial charge >= 0.3 is 0 Å². The molecule has 0 saturated heterocycles. The average molecular weight is 402 g/mol. The van der Waals surface area contributed by atoms with Gasteiger partial charge in [0.1, 0.15) is 12.4 Å². The fourth-order valence-corrected chi connectivity index (χ4v) is 2.75. The summed E-state index contributed by atoms with van der Waals surface area (Å²) in [6, 6.07) is 12.2. The van der Waals surface area contributed by atoms with Gasteiger partial charge in [-0.3, -0.25) is 0 Å². The largest absolute Gasteiger partial charge is 0.492 e. The molecule has 0 fully saturated rings. The van der Waals surface area contributed by atoms with Crippen LogP contribution >= 0.6 is 0 Å². The highest BCUT2D eigenvalue weighted by atomic mass is 16.5. The summed E-state index contributed by atoms with van der Waals surface area (Å²) in [5.41, 5.74) is 1.12. The molecule has 0 saturated carbocycles. The van der Waals surface area contributed by atoms with Crippen molar-refractivity contribution in [3.8, 4) is 5.75 Å². The Morgan fingerprint density at radius 3 is 2.66 bits per heavy atom. The summed E-state index contributed by atoms with van der Waals surface area (Å²) in [5, 5.41) is 6.67. The predicted octanol–water partition coefficient (Wildman–Crippen LogP) is 2.20. The summed E-state index contributed by atoms with van der Waals surface area (Å²) in [6.45, 7) is 8.37. The van der Waals surface area contributed by atoms with E-state index in [-0.39, 0.29) is 0 Å². The van der Waals surface area contributed by atoms with E-state index in [1.54, 1.807) is 7.11 Å². The van der Waals surface area contributed by atoms with Crippen LogP contribution in [0.1, 0.15) is 12.5 Å². The first-order valence-corrected chi connectivity index (χ1v) is 10.2. The molecule has 0 bridgehead atoms. The summed E-state index contributed by atoms with van der Waals surface area (Å²) < 4.78 is 13.1. The molecule has 0 unspecified atom stereocenters. The molecule has 0 radical (unpaired) electrons. The van der Waals surface area contributed by atoms with Gasteiger partial charge in [0.25, 0.3) is 0 Å². The number of rotatable bonds is 13. The molecule has 1 aromatic heterocycles. The number of aliphatic imine (C=N–C) groups is 1. The minimum Gasteiger partial charge on any atom is -0.492 e. The van der Waals surface area contributed by atoms with E-state index >= 15 is 0 Å². The van der Waals surface area contributed by atoms with E-state index < -0.39 is 0 Å². The zero-order valence-electron chi connectivity index (χ0n) is 17.9. The fraction of sp³-hybridized carbons (Fsp3) is 0.500. The second-order valence-corrected chi connectivity index (χ2v) is 6.83. The molecule has 2 aromatic rings. The summed E-state index contributed by atoms with van der Waals surface area (Å²) in [5.74, 6) is 1.70. The Bertz CT molecular complexity index is 703. The van der Waals surface area contributed by atoms with Gasteiger partial charge in [-0.15, -0.1) is 0 Å². The zero-order valence-corrected chi connectivity index (χ0v) is 17.9. The van der Waals surface area contributed by atoms with Crippen molar-refractivity contribution in [3.05, 3.63) is 54.4 Å². The van der Waals surface area contributed by atoms with E-state index in [4.69, 9.17) is 14.5 Å². The van der Waals surface area contributed by atoms with Gasteiger partial charge in [0.05, 0.1) is 13.2 Å². The third kappa shape index (κ3) is 9.49. The molecule has 0 amide bonds. The number of hydrogen-bond acceptors (Lipinski definition) is 4. The molecular formula is C22H35N5O2. The molecule has 7 nitrogen and oxygen atoms in total. The molecule has 1 aromatic carbocycles. The standard InChI is InChI=1S/C22H35N5O2/c1-4-23-22(24-10-13-27-11-5-6-12-27)25-19-20-8-7-9-21(18-20)29-17-15-26(2)14-16-28-3/h5-9,11-12,18H,4,10,13-17,19H2,1-3H3,(H2,23,24,25). The number of likely N-dealkylation sites (N-methyl/N-ethyl adjacent to an activating group) is 1. The van der Waals surface area contributed by atoms with Gasteiger partial charge in [-0.05, 0) is 43.8 Å². The Morgan fingerprint density at radius 2 is 1.90 bits per heavy atom. The molecule has 2 N–H and O–H groups in total. The van der Waals surface area contributed by atoms with Crippen LogP contribution in [0.5, 0.6) is 5.75 Å². The van der Waals surface area contributed by atoms with Crippen LogP contribution in [0.15, 0.2) is 53.8 Å². The van der Waals surface area contributed by atoms with Crippen LogP contribution in [0, 0.1) is 0 Å². The topological polar surface area (TPSA) is 63.1 Å². The highest BCUT2D eigenvalue weighted by Gasteiger charge is 2.02. The fourth-order valence-electron chi connectivity index (χ4n) is 2.75. The first-order chi connectivity index (χ1) is 14.2. The van der Waals surface area contributed by atoms with Gasteiger partial charge < -0.3 is 29.6 Å². The van der Waals surface area contributed by atoms with Crippen molar-refractivity contribution in [1.29, 1.82) is 0 Å². The number of aromatic nitrogens is 1. The number of hydrogen-bond donors (Lipinski definition) is 2. The highest BCUT2D eigenvalue weighted by molar-refractivity contribution is 5.79. The van der Waals surface area contributed by atoms with Crippen LogP contribution in [-0.2, 0) is 17.8 Å². The summed E-state index contributed by atoms with van der Waals surface area (Å²) in [6.07, 6.45) is 4.12. The van der Waals surface area contributed by atoms with Gasteiger partial charge in [0, 0.05) is 52.2 Å². The smallest absolute Gasteiger partial charge is 0.191 e. The molecule has 0 atom stereocenters. The summed E-state index contributed by atoms with van der Waals surface area (Å²) in [7, 11) is 3.79. The maximum Gasteiger partial charge on any atom is 0.191 e. The Kier molecular flexibility index (Phi) is 10.7. The number of ether oxygens (including phenoxy) is 2. The minimum atomic E-state index is 0.601. The van der Waals surface area contributed by atoms with Crippen molar-refractivity contribution >= 4 is 5.96 Å². The molecule has 7 heteroatoms. The SMILES string of the molecule is CCNC(=NCc1cccc(OCCN(C)CCOC)c1)NCCn1cccc1. The number of nitrogens with one attached hydrogen (secondary N) is 2. The average Bonchev–Trinajstić information content (AvgIpc) is 3.24. The van der Waals surface area contributed by atoms with Crippen LogP contribution in [0.2, 0.25) is 0 Å². The Balaban J connectivity index is 1.79. The van der Waals surface area contributed by atoms with E-state index in [2.05, 4.69) is 58.6 Å². The molecule has 1 heterocycles. The van der Waals surface area contributed by atoms with Crippen molar-refractivity contribution in [2.24, 2.45) is 4.99 Å². The van der Waals surface area contributed by atoms with E-state index in [1.807, 2.05) is 24.3 Å². The quantitative estimate of drug-likeness (QED) is 0.398.